The summed E-state index contributed by atoms with van der Waals surface area (Å²) in [5.41, 5.74) is 1.20. The first kappa shape index (κ1) is 15.1. The zero-order valence-electron chi connectivity index (χ0n) is 13.0. The molecule has 110 valence electrons. The molecule has 2 aliphatic rings. The first-order valence-electron chi connectivity index (χ1n) is 8.08. The van der Waals surface area contributed by atoms with Gasteiger partial charge in [0.2, 0.25) is 0 Å². The minimum Gasteiger partial charge on any atom is -0.374 e. The van der Waals surface area contributed by atoms with E-state index >= 15 is 0 Å². The van der Waals surface area contributed by atoms with Crippen LogP contribution < -0.4 is 5.32 Å². The molecule has 3 unspecified atom stereocenters. The number of nitrogens with one attached hydrogen (secondary N) is 1. The van der Waals surface area contributed by atoms with Crippen LogP contribution in [0.3, 0.4) is 0 Å². The Bertz CT molecular complexity index is 296. The second-order valence-corrected chi connectivity index (χ2v) is 7.08. The van der Waals surface area contributed by atoms with Gasteiger partial charge in [-0.15, -0.1) is 0 Å². The summed E-state index contributed by atoms with van der Waals surface area (Å²) in [6.45, 7) is 12.8. The van der Waals surface area contributed by atoms with Crippen LogP contribution in [-0.2, 0) is 4.74 Å². The van der Waals surface area contributed by atoms with Crippen LogP contribution in [0.5, 0.6) is 0 Å². The van der Waals surface area contributed by atoms with Crippen LogP contribution in [0.2, 0.25) is 0 Å². The number of rotatable bonds is 7. The fourth-order valence-electron chi connectivity index (χ4n) is 3.16. The zero-order valence-corrected chi connectivity index (χ0v) is 13.0. The Balaban J connectivity index is 1.72. The highest BCUT2D eigenvalue weighted by atomic mass is 16.5. The average Bonchev–Trinajstić information content (AvgIpc) is 3.17. The van der Waals surface area contributed by atoms with Crippen molar-refractivity contribution in [1.82, 2.24) is 5.32 Å². The van der Waals surface area contributed by atoms with Gasteiger partial charge in [0.05, 0.1) is 12.7 Å². The van der Waals surface area contributed by atoms with Crippen molar-refractivity contribution in [3.8, 4) is 0 Å². The molecule has 0 amide bonds. The molecule has 2 nitrogen and oxygen atoms in total. The zero-order chi connectivity index (χ0) is 13.8. The highest BCUT2D eigenvalue weighted by molar-refractivity contribution is 5.00. The highest BCUT2D eigenvalue weighted by Crippen LogP contribution is 2.35. The molecule has 2 fully saturated rings. The van der Waals surface area contributed by atoms with E-state index < -0.39 is 0 Å². The van der Waals surface area contributed by atoms with E-state index in [0.29, 0.717) is 6.10 Å². The van der Waals surface area contributed by atoms with Crippen molar-refractivity contribution in [2.45, 2.75) is 65.0 Å². The van der Waals surface area contributed by atoms with Gasteiger partial charge in [-0.25, -0.2) is 0 Å². The standard InChI is InChI=1S/C17H31NO/c1-12(2)16-8-5-13(3)9-17(16)19-11-14(4)10-18-15-6-7-15/h12-13,15-18H,4-11H2,1-3H3. The largest absolute Gasteiger partial charge is 0.374 e. The average molecular weight is 265 g/mol. The Labute approximate surface area is 119 Å². The van der Waals surface area contributed by atoms with Gasteiger partial charge in [-0.3, -0.25) is 0 Å². The second-order valence-electron chi connectivity index (χ2n) is 7.08. The van der Waals surface area contributed by atoms with E-state index in [9.17, 15) is 0 Å². The number of hydrogen-bond acceptors (Lipinski definition) is 2. The lowest BCUT2D eigenvalue weighted by molar-refractivity contribution is -0.0290. The minimum absolute atomic E-state index is 0.446. The maximum Gasteiger partial charge on any atom is 0.0690 e. The number of ether oxygens (including phenoxy) is 1. The predicted molar refractivity (Wildman–Crippen MR) is 81.2 cm³/mol. The third-order valence-corrected chi connectivity index (χ3v) is 4.68. The van der Waals surface area contributed by atoms with Crippen molar-refractivity contribution in [1.29, 1.82) is 0 Å². The van der Waals surface area contributed by atoms with Crippen molar-refractivity contribution < 1.29 is 4.74 Å². The smallest absolute Gasteiger partial charge is 0.0690 e. The van der Waals surface area contributed by atoms with E-state index in [2.05, 4.69) is 32.7 Å². The Morgan fingerprint density at radius 1 is 1.26 bits per heavy atom. The maximum atomic E-state index is 6.20. The molecule has 0 heterocycles. The van der Waals surface area contributed by atoms with E-state index in [4.69, 9.17) is 4.74 Å². The Morgan fingerprint density at radius 3 is 2.63 bits per heavy atom. The summed E-state index contributed by atoms with van der Waals surface area (Å²) in [4.78, 5) is 0. The predicted octanol–water partition coefficient (Wildman–Crippen LogP) is 3.77. The molecule has 19 heavy (non-hydrogen) atoms. The van der Waals surface area contributed by atoms with Gasteiger partial charge in [0.25, 0.3) is 0 Å². The van der Waals surface area contributed by atoms with Crippen LogP contribution in [0.25, 0.3) is 0 Å². The minimum atomic E-state index is 0.446. The van der Waals surface area contributed by atoms with Crippen LogP contribution in [-0.4, -0.2) is 25.3 Å². The lowest BCUT2D eigenvalue weighted by atomic mass is 9.75. The normalized spacial score (nSPS) is 31.7. The molecule has 2 heteroatoms. The molecule has 2 aliphatic carbocycles. The van der Waals surface area contributed by atoms with Crippen LogP contribution in [0, 0.1) is 17.8 Å². The molecular weight excluding hydrogens is 234 g/mol. The molecule has 2 rings (SSSR count). The molecule has 0 aliphatic heterocycles. The number of hydrogen-bond donors (Lipinski definition) is 1. The molecule has 2 saturated carbocycles. The van der Waals surface area contributed by atoms with Gasteiger partial charge in [-0.2, -0.15) is 0 Å². The van der Waals surface area contributed by atoms with Crippen LogP contribution in [0.4, 0.5) is 0 Å². The summed E-state index contributed by atoms with van der Waals surface area (Å²) in [5, 5.41) is 3.51. The van der Waals surface area contributed by atoms with Gasteiger partial charge >= 0.3 is 0 Å². The Kier molecular flexibility index (Phi) is 5.47. The Hall–Kier alpha value is -0.340. The summed E-state index contributed by atoms with van der Waals surface area (Å²) < 4.78 is 6.20. The van der Waals surface area contributed by atoms with Crippen molar-refractivity contribution >= 4 is 0 Å². The van der Waals surface area contributed by atoms with Crippen LogP contribution in [0.1, 0.15) is 52.9 Å². The van der Waals surface area contributed by atoms with Gasteiger partial charge in [0.1, 0.15) is 0 Å². The van der Waals surface area contributed by atoms with Gasteiger partial charge < -0.3 is 10.1 Å². The van der Waals surface area contributed by atoms with E-state index in [-0.39, 0.29) is 0 Å². The van der Waals surface area contributed by atoms with E-state index in [1.54, 1.807) is 0 Å². The third kappa shape index (κ3) is 4.92. The topological polar surface area (TPSA) is 21.3 Å². The molecule has 0 saturated heterocycles. The van der Waals surface area contributed by atoms with Crippen LogP contribution >= 0.6 is 0 Å². The fraction of sp³-hybridized carbons (Fsp3) is 0.882. The highest BCUT2D eigenvalue weighted by Gasteiger charge is 2.31. The lowest BCUT2D eigenvalue weighted by Crippen LogP contribution is -2.35. The summed E-state index contributed by atoms with van der Waals surface area (Å²) in [7, 11) is 0. The summed E-state index contributed by atoms with van der Waals surface area (Å²) in [6.07, 6.45) is 7.05. The van der Waals surface area contributed by atoms with E-state index in [0.717, 1.165) is 36.9 Å². The molecule has 0 spiro atoms. The monoisotopic (exact) mass is 265 g/mol. The third-order valence-electron chi connectivity index (χ3n) is 4.68. The molecule has 0 bridgehead atoms. The Morgan fingerprint density at radius 2 is 2.00 bits per heavy atom. The molecule has 1 N–H and O–H groups in total. The maximum absolute atomic E-state index is 6.20. The van der Waals surface area contributed by atoms with Crippen molar-refractivity contribution in [2.75, 3.05) is 13.2 Å². The van der Waals surface area contributed by atoms with E-state index in [1.165, 1.54) is 37.7 Å². The van der Waals surface area contributed by atoms with Gasteiger partial charge in [-0.1, -0.05) is 33.8 Å². The fourth-order valence-corrected chi connectivity index (χ4v) is 3.16. The van der Waals surface area contributed by atoms with Crippen molar-refractivity contribution in [3.05, 3.63) is 12.2 Å². The van der Waals surface area contributed by atoms with Crippen molar-refractivity contribution in [2.24, 2.45) is 17.8 Å². The second kappa shape index (κ2) is 6.90. The summed E-state index contributed by atoms with van der Waals surface area (Å²) in [6, 6.07) is 0.759. The molecule has 0 aromatic rings. The van der Waals surface area contributed by atoms with Gasteiger partial charge in [-0.05, 0) is 49.0 Å². The quantitative estimate of drug-likeness (QED) is 0.707. The summed E-state index contributed by atoms with van der Waals surface area (Å²) >= 11 is 0. The summed E-state index contributed by atoms with van der Waals surface area (Å²) in [5.74, 6) is 2.29. The first-order valence-corrected chi connectivity index (χ1v) is 8.08. The molecule has 0 aromatic carbocycles. The molecule has 0 radical (unpaired) electrons. The van der Waals surface area contributed by atoms with Crippen molar-refractivity contribution in [3.63, 3.8) is 0 Å². The lowest BCUT2D eigenvalue weighted by Gasteiger charge is -2.37. The van der Waals surface area contributed by atoms with Gasteiger partial charge in [0.15, 0.2) is 0 Å². The first-order chi connectivity index (χ1) is 9.06. The van der Waals surface area contributed by atoms with E-state index in [1.807, 2.05) is 0 Å². The molecular formula is C17H31NO. The van der Waals surface area contributed by atoms with Gasteiger partial charge in [0, 0.05) is 12.6 Å². The molecule has 3 atom stereocenters. The van der Waals surface area contributed by atoms with Crippen LogP contribution in [0.15, 0.2) is 12.2 Å². The molecule has 0 aromatic heterocycles. The SMILES string of the molecule is C=C(CNC1CC1)COC1CC(C)CCC1C(C)C.